The summed E-state index contributed by atoms with van der Waals surface area (Å²) in [6.07, 6.45) is 4.42. The molecule has 3 aromatic rings. The fourth-order valence-electron chi connectivity index (χ4n) is 1.98. The summed E-state index contributed by atoms with van der Waals surface area (Å²) in [5.41, 5.74) is 1.29. The highest BCUT2D eigenvalue weighted by Crippen LogP contribution is 2.20. The Kier molecular flexibility index (Phi) is 3.19. The van der Waals surface area contributed by atoms with Crippen molar-refractivity contribution in [1.82, 2.24) is 14.8 Å². The Hall–Kier alpha value is -3.02. The number of hydrogen-bond donors (Lipinski definition) is 1. The van der Waals surface area contributed by atoms with Crippen LogP contribution in [0.5, 0.6) is 0 Å². The van der Waals surface area contributed by atoms with E-state index < -0.39 is 17.3 Å². The third-order valence-electron chi connectivity index (χ3n) is 3.01. The molecule has 2 aromatic heterocycles. The maximum Gasteiger partial charge on any atom is 0.338 e. The summed E-state index contributed by atoms with van der Waals surface area (Å²) in [4.78, 5) is 14.8. The summed E-state index contributed by atoms with van der Waals surface area (Å²) >= 11 is 0. The second-order valence-corrected chi connectivity index (χ2v) is 4.34. The Balaban J connectivity index is 2.05. The minimum Gasteiger partial charge on any atom is -0.478 e. The minimum absolute atomic E-state index is 0.142. The lowest BCUT2D eigenvalue weighted by molar-refractivity contribution is 0.0691. The molecule has 0 aliphatic rings. The van der Waals surface area contributed by atoms with Gasteiger partial charge in [0.25, 0.3) is 0 Å². The van der Waals surface area contributed by atoms with Crippen LogP contribution in [0.3, 0.4) is 0 Å². The van der Waals surface area contributed by atoms with E-state index in [2.05, 4.69) is 10.1 Å². The van der Waals surface area contributed by atoms with Crippen molar-refractivity contribution in [2.75, 3.05) is 0 Å². The first-order valence-corrected chi connectivity index (χ1v) is 6.15. The summed E-state index contributed by atoms with van der Waals surface area (Å²) in [5, 5.41) is 13.0. The molecule has 0 saturated carbocycles. The number of hydrogen-bond acceptors (Lipinski definition) is 3. The molecule has 0 aliphatic heterocycles. The third kappa shape index (κ3) is 2.38. The van der Waals surface area contributed by atoms with Gasteiger partial charge in [-0.2, -0.15) is 5.10 Å². The first-order valence-electron chi connectivity index (χ1n) is 6.15. The lowest BCUT2D eigenvalue weighted by Crippen LogP contribution is -2.08. The van der Waals surface area contributed by atoms with E-state index >= 15 is 0 Å². The monoisotopic (exact) mass is 283 g/mol. The van der Waals surface area contributed by atoms with Gasteiger partial charge in [-0.3, -0.25) is 0 Å². The van der Waals surface area contributed by atoms with E-state index in [0.29, 0.717) is 0 Å². The molecule has 0 spiro atoms. The van der Waals surface area contributed by atoms with E-state index in [4.69, 9.17) is 5.11 Å². The molecule has 0 aliphatic carbocycles. The van der Waals surface area contributed by atoms with Crippen LogP contribution >= 0.6 is 0 Å². The second-order valence-electron chi connectivity index (χ2n) is 4.34. The molecule has 104 valence electrons. The molecule has 2 heterocycles. The maximum absolute atomic E-state index is 14.1. The van der Waals surface area contributed by atoms with Gasteiger partial charge in [-0.1, -0.05) is 30.3 Å². The topological polar surface area (TPSA) is 68.0 Å². The third-order valence-corrected chi connectivity index (χ3v) is 3.01. The van der Waals surface area contributed by atoms with Crippen LogP contribution in [0.1, 0.15) is 10.4 Å². The quantitative estimate of drug-likeness (QED) is 0.802. The zero-order valence-electron chi connectivity index (χ0n) is 10.8. The van der Waals surface area contributed by atoms with Crippen molar-refractivity contribution in [3.05, 3.63) is 66.4 Å². The molecule has 0 unspecified atom stereocenters. The van der Waals surface area contributed by atoms with Crippen LogP contribution in [0.15, 0.2) is 55.0 Å². The number of aromatic carboxylic acids is 1. The number of carboxylic acids is 1. The Morgan fingerprint density at radius 3 is 2.62 bits per heavy atom. The van der Waals surface area contributed by atoms with Crippen LogP contribution in [0.4, 0.5) is 4.39 Å². The molecular weight excluding hydrogens is 273 g/mol. The normalized spacial score (nSPS) is 10.5. The number of pyridine rings is 1. The van der Waals surface area contributed by atoms with Crippen LogP contribution in [-0.2, 0) is 0 Å². The highest BCUT2D eigenvalue weighted by molar-refractivity contribution is 5.88. The number of aromatic nitrogens is 3. The summed E-state index contributed by atoms with van der Waals surface area (Å²) in [6, 6.07) is 10.6. The van der Waals surface area contributed by atoms with Crippen molar-refractivity contribution in [3.63, 3.8) is 0 Å². The zero-order chi connectivity index (χ0) is 14.8. The highest BCUT2D eigenvalue weighted by atomic mass is 19.1. The number of benzene rings is 1. The van der Waals surface area contributed by atoms with Gasteiger partial charge in [-0.15, -0.1) is 0 Å². The van der Waals surface area contributed by atoms with Crippen molar-refractivity contribution in [2.24, 2.45) is 0 Å². The number of carboxylic acid groups (broad SMARTS) is 1. The predicted octanol–water partition coefficient (Wildman–Crippen LogP) is 2.77. The maximum atomic E-state index is 14.1. The summed E-state index contributed by atoms with van der Waals surface area (Å²) < 4.78 is 15.3. The molecule has 0 radical (unpaired) electrons. The average Bonchev–Trinajstić information content (AvgIpc) is 2.98. The van der Waals surface area contributed by atoms with Crippen LogP contribution in [0.2, 0.25) is 0 Å². The standard InChI is InChI=1S/C15H10FN3O2/c16-13-12(15(20)21)6-7-17-14(13)19-9-11(8-18-19)10-4-2-1-3-5-10/h1-9H,(H,20,21). The van der Waals surface area contributed by atoms with Crippen LogP contribution in [0.25, 0.3) is 16.9 Å². The Morgan fingerprint density at radius 2 is 1.90 bits per heavy atom. The number of carbonyl (C=O) groups is 1. The lowest BCUT2D eigenvalue weighted by atomic mass is 10.1. The first kappa shape index (κ1) is 13.0. The number of nitrogens with zero attached hydrogens (tertiary/aromatic N) is 3. The van der Waals surface area contributed by atoms with E-state index in [0.717, 1.165) is 17.2 Å². The first-order chi connectivity index (χ1) is 10.2. The molecule has 3 rings (SSSR count). The van der Waals surface area contributed by atoms with Gasteiger partial charge in [0.05, 0.1) is 6.20 Å². The van der Waals surface area contributed by atoms with Crippen molar-refractivity contribution >= 4 is 5.97 Å². The number of rotatable bonds is 3. The Morgan fingerprint density at radius 1 is 1.14 bits per heavy atom. The molecule has 0 saturated heterocycles. The van der Waals surface area contributed by atoms with E-state index in [-0.39, 0.29) is 5.82 Å². The molecule has 0 fully saturated rings. The fourth-order valence-corrected chi connectivity index (χ4v) is 1.98. The highest BCUT2D eigenvalue weighted by Gasteiger charge is 2.17. The van der Waals surface area contributed by atoms with Gasteiger partial charge in [0.15, 0.2) is 11.6 Å². The Labute approximate surface area is 119 Å². The summed E-state index contributed by atoms with van der Waals surface area (Å²) in [7, 11) is 0. The molecule has 0 amide bonds. The van der Waals surface area contributed by atoms with Gasteiger partial charge in [0, 0.05) is 18.0 Å². The van der Waals surface area contributed by atoms with E-state index in [1.807, 2.05) is 30.3 Å². The molecule has 0 bridgehead atoms. The summed E-state index contributed by atoms with van der Waals surface area (Å²) in [6.45, 7) is 0. The average molecular weight is 283 g/mol. The van der Waals surface area contributed by atoms with Crippen molar-refractivity contribution in [1.29, 1.82) is 0 Å². The van der Waals surface area contributed by atoms with E-state index in [9.17, 15) is 9.18 Å². The van der Waals surface area contributed by atoms with Gasteiger partial charge >= 0.3 is 5.97 Å². The van der Waals surface area contributed by atoms with Gasteiger partial charge < -0.3 is 5.11 Å². The van der Waals surface area contributed by atoms with Gasteiger partial charge in [0.2, 0.25) is 0 Å². The SMILES string of the molecule is O=C(O)c1ccnc(-n2cc(-c3ccccc3)cn2)c1F. The molecule has 1 N–H and O–H groups in total. The second kappa shape index (κ2) is 5.16. The van der Waals surface area contributed by atoms with E-state index in [1.165, 1.54) is 10.9 Å². The van der Waals surface area contributed by atoms with Crippen LogP contribution in [-0.4, -0.2) is 25.8 Å². The largest absolute Gasteiger partial charge is 0.478 e. The molecule has 0 atom stereocenters. The van der Waals surface area contributed by atoms with Gasteiger partial charge in [-0.05, 0) is 11.6 Å². The van der Waals surface area contributed by atoms with Crippen molar-refractivity contribution in [2.45, 2.75) is 0 Å². The van der Waals surface area contributed by atoms with Crippen LogP contribution in [0, 0.1) is 5.82 Å². The smallest absolute Gasteiger partial charge is 0.338 e. The van der Waals surface area contributed by atoms with Crippen molar-refractivity contribution < 1.29 is 14.3 Å². The molecule has 5 nitrogen and oxygen atoms in total. The molecular formula is C15H10FN3O2. The number of halogens is 1. The lowest BCUT2D eigenvalue weighted by Gasteiger charge is -2.04. The fraction of sp³-hybridized carbons (Fsp3) is 0. The molecule has 21 heavy (non-hydrogen) atoms. The molecule has 1 aromatic carbocycles. The Bertz CT molecular complexity index is 800. The van der Waals surface area contributed by atoms with Gasteiger partial charge in [0.1, 0.15) is 5.56 Å². The van der Waals surface area contributed by atoms with Crippen LogP contribution < -0.4 is 0 Å². The van der Waals surface area contributed by atoms with Crippen molar-refractivity contribution in [3.8, 4) is 16.9 Å². The minimum atomic E-state index is -1.34. The van der Waals surface area contributed by atoms with Gasteiger partial charge in [-0.25, -0.2) is 18.9 Å². The predicted molar refractivity (Wildman–Crippen MR) is 73.7 cm³/mol. The molecule has 6 heteroatoms. The summed E-state index contributed by atoms with van der Waals surface area (Å²) in [5.74, 6) is -2.39. The van der Waals surface area contributed by atoms with E-state index in [1.54, 1.807) is 12.4 Å². The zero-order valence-corrected chi connectivity index (χ0v) is 10.8.